The number of benzene rings is 3. The number of amides is 2. The molecule has 0 bridgehead atoms. The number of rotatable bonds is 3. The third-order valence-corrected chi connectivity index (χ3v) is 7.17. The van der Waals surface area contributed by atoms with Crippen LogP contribution in [-0.4, -0.2) is 30.1 Å². The summed E-state index contributed by atoms with van der Waals surface area (Å²) in [5, 5.41) is 6.42. The quantitative estimate of drug-likeness (QED) is 0.418. The van der Waals surface area contributed by atoms with Gasteiger partial charge in [-0.2, -0.15) is 0 Å². The Bertz CT molecular complexity index is 1260. The first kappa shape index (κ1) is 21.7. The van der Waals surface area contributed by atoms with Gasteiger partial charge in [-0.15, -0.1) is 0 Å². The summed E-state index contributed by atoms with van der Waals surface area (Å²) in [6.45, 7) is 0.657. The molecule has 2 aliphatic heterocycles. The third-order valence-electron chi connectivity index (χ3n) is 5.77. The van der Waals surface area contributed by atoms with E-state index in [1.165, 1.54) is 0 Å². The number of aliphatic imine (C=N–C) groups is 1. The number of carbonyl (C=O) groups is 2. The van der Waals surface area contributed by atoms with E-state index < -0.39 is 6.04 Å². The number of nitrogens with zero attached hydrogens (tertiary/aromatic N) is 1. The minimum Gasteiger partial charge on any atom is -0.354 e. The highest BCUT2D eigenvalue weighted by Crippen LogP contribution is 2.41. The van der Waals surface area contributed by atoms with Gasteiger partial charge >= 0.3 is 0 Å². The zero-order chi connectivity index (χ0) is 22.8. The molecule has 0 radical (unpaired) electrons. The molecule has 1 unspecified atom stereocenters. The summed E-state index contributed by atoms with van der Waals surface area (Å²) in [4.78, 5) is 32.3. The molecule has 166 valence electrons. The normalized spacial score (nSPS) is 17.5. The van der Waals surface area contributed by atoms with Crippen LogP contribution in [0.1, 0.15) is 40.7 Å². The van der Waals surface area contributed by atoms with Crippen LogP contribution in [0.5, 0.6) is 0 Å². The second kappa shape index (κ2) is 9.41. The summed E-state index contributed by atoms with van der Waals surface area (Å²) < 4.78 is 0. The first-order valence-electron chi connectivity index (χ1n) is 10.9. The Labute approximate surface area is 201 Å². The molecule has 5 rings (SSSR count). The van der Waals surface area contributed by atoms with Crippen molar-refractivity contribution in [3.05, 3.63) is 88.4 Å². The smallest absolute Gasteiger partial charge is 0.252 e. The number of nitrogens with one attached hydrogen (secondary N) is 2. The molecule has 0 spiro atoms. The molecular formula is C26H22ClN3O2S. The fraction of sp³-hybridized carbons (Fsp3) is 0.192. The number of halogens is 1. The number of carbonyl (C=O) groups excluding carboxylic acids is 2. The summed E-state index contributed by atoms with van der Waals surface area (Å²) in [7, 11) is 0. The van der Waals surface area contributed by atoms with Gasteiger partial charge in [0.05, 0.1) is 11.4 Å². The van der Waals surface area contributed by atoms with E-state index >= 15 is 0 Å². The average molecular weight is 476 g/mol. The molecule has 0 saturated carbocycles. The van der Waals surface area contributed by atoms with Crippen molar-refractivity contribution in [2.24, 2.45) is 4.99 Å². The zero-order valence-electron chi connectivity index (χ0n) is 17.8. The van der Waals surface area contributed by atoms with Gasteiger partial charge in [-0.3, -0.25) is 9.59 Å². The fourth-order valence-corrected chi connectivity index (χ4v) is 5.16. The van der Waals surface area contributed by atoms with E-state index in [1.807, 2.05) is 42.5 Å². The molecule has 7 heteroatoms. The zero-order valence-corrected chi connectivity index (χ0v) is 19.4. The van der Waals surface area contributed by atoms with Gasteiger partial charge < -0.3 is 10.6 Å². The first-order chi connectivity index (χ1) is 16.1. The van der Waals surface area contributed by atoms with Crippen LogP contribution in [0.2, 0.25) is 5.02 Å². The molecule has 1 saturated heterocycles. The van der Waals surface area contributed by atoms with E-state index in [0.29, 0.717) is 23.6 Å². The lowest BCUT2D eigenvalue weighted by Crippen LogP contribution is -2.45. The highest BCUT2D eigenvalue weighted by molar-refractivity contribution is 7.99. The monoisotopic (exact) mass is 475 g/mol. The van der Waals surface area contributed by atoms with E-state index in [4.69, 9.17) is 16.6 Å². The summed E-state index contributed by atoms with van der Waals surface area (Å²) >= 11 is 7.73. The average Bonchev–Trinajstić information content (AvgIpc) is 3.13. The Hall–Kier alpha value is -3.09. The highest BCUT2D eigenvalue weighted by atomic mass is 35.5. The standard InChI is InChI=1S/C26H22ClN3O2S/c27-18-11-8-16(9-12-18)24-19-5-1-2-7-22(19)33-23-13-10-17(15-21(23)29-24)25(31)30-20-6-3-4-14-28-26(20)32/h1-2,5,7-13,15,20H,3-4,6,14H2,(H,28,32)(H,30,31). The van der Waals surface area contributed by atoms with Gasteiger partial charge in [0, 0.05) is 38.0 Å². The Morgan fingerprint density at radius 3 is 2.70 bits per heavy atom. The lowest BCUT2D eigenvalue weighted by atomic mass is 10.0. The molecule has 1 fully saturated rings. The van der Waals surface area contributed by atoms with Crippen LogP contribution in [0, 0.1) is 0 Å². The lowest BCUT2D eigenvalue weighted by molar-refractivity contribution is -0.122. The number of hydrogen-bond acceptors (Lipinski definition) is 4. The molecule has 0 aliphatic carbocycles. The number of fused-ring (bicyclic) bond motifs is 2. The largest absolute Gasteiger partial charge is 0.354 e. The molecule has 3 aromatic rings. The minimum absolute atomic E-state index is 0.121. The molecule has 5 nitrogen and oxygen atoms in total. The summed E-state index contributed by atoms with van der Waals surface area (Å²) in [6.07, 6.45) is 2.47. The second-order valence-electron chi connectivity index (χ2n) is 8.06. The fourth-order valence-electron chi connectivity index (χ4n) is 4.03. The molecule has 33 heavy (non-hydrogen) atoms. The van der Waals surface area contributed by atoms with Crippen LogP contribution in [0.15, 0.2) is 81.5 Å². The van der Waals surface area contributed by atoms with E-state index in [0.717, 1.165) is 45.2 Å². The maximum absolute atomic E-state index is 13.0. The Balaban J connectivity index is 1.52. The van der Waals surface area contributed by atoms with Crippen molar-refractivity contribution in [1.82, 2.24) is 10.6 Å². The van der Waals surface area contributed by atoms with E-state index in [-0.39, 0.29) is 11.8 Å². The molecule has 0 aromatic heterocycles. The van der Waals surface area contributed by atoms with Gasteiger partial charge in [-0.25, -0.2) is 4.99 Å². The maximum atomic E-state index is 13.0. The van der Waals surface area contributed by atoms with Crippen molar-refractivity contribution in [2.45, 2.75) is 35.1 Å². The van der Waals surface area contributed by atoms with Crippen LogP contribution in [-0.2, 0) is 4.79 Å². The molecule has 2 amide bonds. The third kappa shape index (κ3) is 4.68. The van der Waals surface area contributed by atoms with Crippen molar-refractivity contribution < 1.29 is 9.59 Å². The van der Waals surface area contributed by atoms with Crippen molar-refractivity contribution >= 4 is 46.6 Å². The summed E-state index contributed by atoms with van der Waals surface area (Å²) in [6, 6.07) is 20.8. The van der Waals surface area contributed by atoms with Gasteiger partial charge in [0.2, 0.25) is 5.91 Å². The highest BCUT2D eigenvalue weighted by Gasteiger charge is 2.24. The van der Waals surface area contributed by atoms with E-state index in [1.54, 1.807) is 23.9 Å². The van der Waals surface area contributed by atoms with Crippen molar-refractivity contribution in [1.29, 1.82) is 0 Å². The van der Waals surface area contributed by atoms with Crippen LogP contribution in [0.25, 0.3) is 0 Å². The van der Waals surface area contributed by atoms with Gasteiger partial charge in [-0.1, -0.05) is 53.7 Å². The summed E-state index contributed by atoms with van der Waals surface area (Å²) in [5.74, 6) is -0.389. The van der Waals surface area contributed by atoms with Crippen molar-refractivity contribution in [2.75, 3.05) is 6.54 Å². The van der Waals surface area contributed by atoms with Crippen LogP contribution in [0.4, 0.5) is 5.69 Å². The van der Waals surface area contributed by atoms with Gasteiger partial charge in [-0.05, 0) is 55.7 Å². The molecule has 2 N–H and O–H groups in total. The predicted molar refractivity (Wildman–Crippen MR) is 132 cm³/mol. The van der Waals surface area contributed by atoms with Crippen molar-refractivity contribution in [3.63, 3.8) is 0 Å². The van der Waals surface area contributed by atoms with Crippen LogP contribution >= 0.6 is 23.4 Å². The van der Waals surface area contributed by atoms with Crippen LogP contribution in [0.3, 0.4) is 0 Å². The lowest BCUT2D eigenvalue weighted by Gasteiger charge is -2.15. The van der Waals surface area contributed by atoms with Crippen LogP contribution < -0.4 is 10.6 Å². The first-order valence-corrected chi connectivity index (χ1v) is 12.1. The number of hydrogen-bond donors (Lipinski definition) is 2. The molecular weight excluding hydrogens is 454 g/mol. The SMILES string of the molecule is O=C(NC1CCCCNC1=O)c1ccc2c(c1)N=C(c1ccc(Cl)cc1)c1ccccc1S2. The maximum Gasteiger partial charge on any atom is 0.252 e. The molecule has 2 aliphatic rings. The molecule has 1 atom stereocenters. The van der Waals surface area contributed by atoms with Gasteiger partial charge in [0.15, 0.2) is 0 Å². The molecule has 2 heterocycles. The summed E-state index contributed by atoms with van der Waals surface area (Å²) in [5.41, 5.74) is 4.01. The van der Waals surface area contributed by atoms with Gasteiger partial charge in [0.1, 0.15) is 6.04 Å². The topological polar surface area (TPSA) is 70.6 Å². The molecule has 3 aromatic carbocycles. The second-order valence-corrected chi connectivity index (χ2v) is 9.58. The Morgan fingerprint density at radius 2 is 1.85 bits per heavy atom. The Morgan fingerprint density at radius 1 is 1.03 bits per heavy atom. The Kier molecular flexibility index (Phi) is 6.20. The van der Waals surface area contributed by atoms with E-state index in [9.17, 15) is 9.59 Å². The van der Waals surface area contributed by atoms with E-state index in [2.05, 4.69) is 22.8 Å². The van der Waals surface area contributed by atoms with Crippen molar-refractivity contribution in [3.8, 4) is 0 Å². The minimum atomic E-state index is -0.509. The predicted octanol–water partition coefficient (Wildman–Crippen LogP) is 5.37. The van der Waals surface area contributed by atoms with Gasteiger partial charge in [0.25, 0.3) is 5.91 Å².